The van der Waals surface area contributed by atoms with E-state index in [0.717, 1.165) is 35.9 Å². The summed E-state index contributed by atoms with van der Waals surface area (Å²) in [6, 6.07) is 3.95. The Bertz CT molecular complexity index is 367. The number of aliphatic hydroxyl groups is 1. The molecule has 2 heteroatoms. The monoisotopic (exact) mass is 233 g/mol. The molecule has 1 N–H and O–H groups in total. The van der Waals surface area contributed by atoms with Gasteiger partial charge in [-0.2, -0.15) is 0 Å². The molecule has 2 rings (SSSR count). The topological polar surface area (TPSA) is 33.1 Å². The number of pyridine rings is 1. The molecule has 1 heterocycles. The van der Waals surface area contributed by atoms with Crippen LogP contribution in [0.25, 0.3) is 0 Å². The van der Waals surface area contributed by atoms with E-state index in [1.807, 2.05) is 19.1 Å². The Kier molecular flexibility index (Phi) is 3.82. The Balaban J connectivity index is 2.11. The van der Waals surface area contributed by atoms with E-state index in [1.165, 1.54) is 6.42 Å². The predicted octanol–water partition coefficient (Wildman–Crippen LogP) is 3.50. The first-order valence-corrected chi connectivity index (χ1v) is 6.67. The summed E-state index contributed by atoms with van der Waals surface area (Å²) in [5.74, 6) is 1.89. The van der Waals surface area contributed by atoms with Gasteiger partial charge in [0.2, 0.25) is 0 Å². The van der Waals surface area contributed by atoms with Crippen molar-refractivity contribution in [3.8, 4) is 0 Å². The highest BCUT2D eigenvalue weighted by Crippen LogP contribution is 2.39. The summed E-state index contributed by atoms with van der Waals surface area (Å²) in [6.45, 7) is 6.57. The number of hydrogen-bond donors (Lipinski definition) is 1. The van der Waals surface area contributed by atoms with Gasteiger partial charge in [0.05, 0.1) is 6.10 Å². The van der Waals surface area contributed by atoms with Crippen LogP contribution >= 0.6 is 0 Å². The summed E-state index contributed by atoms with van der Waals surface area (Å²) < 4.78 is 0. The molecule has 1 aromatic heterocycles. The maximum Gasteiger partial charge on any atom is 0.0819 e. The molecule has 0 spiro atoms. The van der Waals surface area contributed by atoms with Crippen molar-refractivity contribution in [2.75, 3.05) is 0 Å². The molecule has 0 bridgehead atoms. The zero-order chi connectivity index (χ0) is 12.4. The fraction of sp³-hybridized carbons (Fsp3) is 0.667. The van der Waals surface area contributed by atoms with E-state index in [9.17, 15) is 5.11 Å². The van der Waals surface area contributed by atoms with Crippen molar-refractivity contribution < 1.29 is 5.11 Å². The minimum Gasteiger partial charge on any atom is -0.388 e. The second kappa shape index (κ2) is 5.18. The molecule has 1 fully saturated rings. The lowest BCUT2D eigenvalue weighted by atomic mass is 9.73. The van der Waals surface area contributed by atoms with E-state index >= 15 is 0 Å². The number of aliphatic hydroxyl groups excluding tert-OH is 1. The van der Waals surface area contributed by atoms with Crippen LogP contribution in [-0.2, 0) is 0 Å². The van der Waals surface area contributed by atoms with Crippen LogP contribution in [0.4, 0.5) is 0 Å². The van der Waals surface area contributed by atoms with E-state index in [-0.39, 0.29) is 6.10 Å². The first kappa shape index (κ1) is 12.6. The van der Waals surface area contributed by atoms with Gasteiger partial charge in [-0.1, -0.05) is 13.8 Å². The van der Waals surface area contributed by atoms with Crippen molar-refractivity contribution in [1.82, 2.24) is 4.98 Å². The maximum absolute atomic E-state index is 10.5. The second-order valence-corrected chi connectivity index (χ2v) is 5.85. The average molecular weight is 233 g/mol. The highest BCUT2D eigenvalue weighted by molar-refractivity contribution is 5.18. The lowest BCUT2D eigenvalue weighted by molar-refractivity contribution is 0.0551. The zero-order valence-corrected chi connectivity index (χ0v) is 11.1. The molecular weight excluding hydrogens is 210 g/mol. The molecule has 1 aliphatic rings. The number of hydrogen-bond acceptors (Lipinski definition) is 2. The summed E-state index contributed by atoms with van der Waals surface area (Å²) in [6.07, 6.45) is 5.07. The minimum absolute atomic E-state index is 0.318. The Hall–Kier alpha value is -0.890. The van der Waals surface area contributed by atoms with Gasteiger partial charge < -0.3 is 5.11 Å². The summed E-state index contributed by atoms with van der Waals surface area (Å²) in [5, 5.41) is 10.5. The van der Waals surface area contributed by atoms with Crippen molar-refractivity contribution in [2.45, 2.75) is 46.1 Å². The number of nitrogens with zero attached hydrogens (tertiary/aromatic N) is 1. The van der Waals surface area contributed by atoms with Crippen molar-refractivity contribution in [3.05, 3.63) is 29.6 Å². The molecule has 3 atom stereocenters. The third-order valence-corrected chi connectivity index (χ3v) is 3.92. The molecule has 1 aliphatic carbocycles. The van der Waals surface area contributed by atoms with E-state index in [0.29, 0.717) is 5.92 Å². The zero-order valence-electron chi connectivity index (χ0n) is 11.1. The highest BCUT2D eigenvalue weighted by Gasteiger charge is 2.29. The average Bonchev–Trinajstić information content (AvgIpc) is 2.26. The standard InChI is InChI=1S/C15H23NO/c1-10-6-11(2)8-14(7-10)15(17)13-4-5-16-12(3)9-13/h4-5,9-11,14-15,17H,6-8H2,1-3H3. The van der Waals surface area contributed by atoms with Crippen LogP contribution in [0.2, 0.25) is 0 Å². The number of rotatable bonds is 2. The van der Waals surface area contributed by atoms with Crippen LogP contribution in [-0.4, -0.2) is 10.1 Å². The van der Waals surface area contributed by atoms with Crippen LogP contribution in [0.1, 0.15) is 50.5 Å². The molecule has 0 amide bonds. The Morgan fingerprint density at radius 1 is 1.24 bits per heavy atom. The molecule has 0 saturated heterocycles. The second-order valence-electron chi connectivity index (χ2n) is 5.85. The van der Waals surface area contributed by atoms with Gasteiger partial charge in [-0.25, -0.2) is 0 Å². The fourth-order valence-corrected chi connectivity index (χ4v) is 3.29. The Labute approximate surface area is 104 Å². The molecule has 3 unspecified atom stereocenters. The minimum atomic E-state index is -0.318. The third-order valence-electron chi connectivity index (χ3n) is 3.92. The van der Waals surface area contributed by atoms with Crippen LogP contribution in [0.15, 0.2) is 18.3 Å². The molecule has 0 aromatic carbocycles. The SMILES string of the molecule is Cc1cc(C(O)C2CC(C)CC(C)C2)ccn1. The van der Waals surface area contributed by atoms with E-state index in [1.54, 1.807) is 6.20 Å². The Morgan fingerprint density at radius 3 is 2.47 bits per heavy atom. The predicted molar refractivity (Wildman–Crippen MR) is 69.6 cm³/mol. The van der Waals surface area contributed by atoms with Crippen molar-refractivity contribution in [1.29, 1.82) is 0 Å². The molecule has 0 aliphatic heterocycles. The molecule has 0 radical (unpaired) electrons. The summed E-state index contributed by atoms with van der Waals surface area (Å²) in [7, 11) is 0. The van der Waals surface area contributed by atoms with Gasteiger partial charge in [-0.15, -0.1) is 0 Å². The molecule has 2 nitrogen and oxygen atoms in total. The first-order chi connectivity index (χ1) is 8.06. The normalized spacial score (nSPS) is 31.2. The van der Waals surface area contributed by atoms with Crippen molar-refractivity contribution in [3.63, 3.8) is 0 Å². The molecule has 94 valence electrons. The summed E-state index contributed by atoms with van der Waals surface area (Å²) >= 11 is 0. The van der Waals surface area contributed by atoms with Gasteiger partial charge in [0.25, 0.3) is 0 Å². The van der Waals surface area contributed by atoms with Crippen LogP contribution in [0.5, 0.6) is 0 Å². The largest absolute Gasteiger partial charge is 0.388 e. The van der Waals surface area contributed by atoms with E-state index in [2.05, 4.69) is 18.8 Å². The van der Waals surface area contributed by atoms with E-state index < -0.39 is 0 Å². The number of aryl methyl sites for hydroxylation is 1. The molecule has 17 heavy (non-hydrogen) atoms. The number of aromatic nitrogens is 1. The maximum atomic E-state index is 10.5. The van der Waals surface area contributed by atoms with Crippen molar-refractivity contribution in [2.24, 2.45) is 17.8 Å². The third kappa shape index (κ3) is 3.06. The van der Waals surface area contributed by atoms with Gasteiger partial charge in [-0.05, 0) is 61.6 Å². The molecule has 1 saturated carbocycles. The first-order valence-electron chi connectivity index (χ1n) is 6.67. The quantitative estimate of drug-likeness (QED) is 0.848. The van der Waals surface area contributed by atoms with Gasteiger partial charge in [0.15, 0.2) is 0 Å². The lowest BCUT2D eigenvalue weighted by Gasteiger charge is -2.34. The summed E-state index contributed by atoms with van der Waals surface area (Å²) in [5.41, 5.74) is 2.02. The van der Waals surface area contributed by atoms with Crippen LogP contribution in [0, 0.1) is 24.7 Å². The summed E-state index contributed by atoms with van der Waals surface area (Å²) in [4.78, 5) is 4.19. The van der Waals surface area contributed by atoms with E-state index in [4.69, 9.17) is 0 Å². The highest BCUT2D eigenvalue weighted by atomic mass is 16.3. The smallest absolute Gasteiger partial charge is 0.0819 e. The van der Waals surface area contributed by atoms with Crippen LogP contribution < -0.4 is 0 Å². The van der Waals surface area contributed by atoms with Gasteiger partial charge in [0, 0.05) is 11.9 Å². The van der Waals surface area contributed by atoms with Gasteiger partial charge >= 0.3 is 0 Å². The van der Waals surface area contributed by atoms with Gasteiger partial charge in [0.1, 0.15) is 0 Å². The van der Waals surface area contributed by atoms with Crippen molar-refractivity contribution >= 4 is 0 Å². The van der Waals surface area contributed by atoms with Crippen LogP contribution in [0.3, 0.4) is 0 Å². The Morgan fingerprint density at radius 2 is 1.88 bits per heavy atom. The lowest BCUT2D eigenvalue weighted by Crippen LogP contribution is -2.24. The molecular formula is C15H23NO. The molecule has 1 aromatic rings. The fourth-order valence-electron chi connectivity index (χ4n) is 3.29. The van der Waals surface area contributed by atoms with Gasteiger partial charge in [-0.3, -0.25) is 4.98 Å².